The Kier molecular flexibility index (Phi) is 4.20. The summed E-state index contributed by atoms with van der Waals surface area (Å²) in [5.41, 5.74) is -0.233. The third-order valence-corrected chi connectivity index (χ3v) is 4.01. The number of nitro groups is 1. The van der Waals surface area contributed by atoms with Crippen LogP contribution < -0.4 is 10.6 Å². The summed E-state index contributed by atoms with van der Waals surface area (Å²) in [5, 5.41) is 16.5. The standard InChI is InChI=1S/C11H14N4O3S/c1-12-10-4-8(9(5-13-10)15(17)18)11(16)14-7-2-3-19-6-7/h4-5,7H,2-3,6H2,1H3,(H,12,13)(H,14,16). The zero-order valence-corrected chi connectivity index (χ0v) is 11.2. The minimum Gasteiger partial charge on any atom is -0.373 e. The zero-order chi connectivity index (χ0) is 13.8. The molecule has 19 heavy (non-hydrogen) atoms. The van der Waals surface area contributed by atoms with Crippen molar-refractivity contribution in [3.63, 3.8) is 0 Å². The Bertz CT molecular complexity index is 503. The number of pyridine rings is 1. The van der Waals surface area contributed by atoms with Crippen molar-refractivity contribution in [3.05, 3.63) is 27.9 Å². The van der Waals surface area contributed by atoms with E-state index in [2.05, 4.69) is 15.6 Å². The molecule has 102 valence electrons. The molecule has 1 aromatic rings. The van der Waals surface area contributed by atoms with Crippen molar-refractivity contribution < 1.29 is 9.72 Å². The molecule has 2 heterocycles. The Hall–Kier alpha value is -1.83. The van der Waals surface area contributed by atoms with Gasteiger partial charge in [0.1, 0.15) is 17.6 Å². The van der Waals surface area contributed by atoms with Gasteiger partial charge in [-0.15, -0.1) is 0 Å². The van der Waals surface area contributed by atoms with Crippen molar-refractivity contribution in [1.82, 2.24) is 10.3 Å². The summed E-state index contributed by atoms with van der Waals surface area (Å²) in [4.78, 5) is 26.3. The summed E-state index contributed by atoms with van der Waals surface area (Å²) in [6, 6.07) is 1.48. The quantitative estimate of drug-likeness (QED) is 0.637. The lowest BCUT2D eigenvalue weighted by atomic mass is 10.2. The van der Waals surface area contributed by atoms with Crippen LogP contribution in [0.2, 0.25) is 0 Å². The van der Waals surface area contributed by atoms with Gasteiger partial charge in [-0.05, 0) is 12.2 Å². The summed E-state index contributed by atoms with van der Waals surface area (Å²) in [6.07, 6.45) is 2.00. The first-order valence-corrected chi connectivity index (χ1v) is 6.98. The molecule has 1 saturated heterocycles. The predicted octanol–water partition coefficient (Wildman–Crippen LogP) is 1.27. The molecule has 7 nitrogen and oxygen atoms in total. The Morgan fingerprint density at radius 2 is 2.42 bits per heavy atom. The summed E-state index contributed by atoms with van der Waals surface area (Å²) < 4.78 is 0. The van der Waals surface area contributed by atoms with Gasteiger partial charge >= 0.3 is 0 Å². The van der Waals surface area contributed by atoms with E-state index < -0.39 is 10.8 Å². The van der Waals surface area contributed by atoms with Gasteiger partial charge < -0.3 is 10.6 Å². The number of aromatic nitrogens is 1. The van der Waals surface area contributed by atoms with Crippen LogP contribution in [0.15, 0.2) is 12.3 Å². The van der Waals surface area contributed by atoms with Crippen LogP contribution in [0.5, 0.6) is 0 Å². The van der Waals surface area contributed by atoms with Crippen molar-refractivity contribution in [2.24, 2.45) is 0 Å². The maximum Gasteiger partial charge on any atom is 0.300 e. The van der Waals surface area contributed by atoms with E-state index in [-0.39, 0.29) is 17.3 Å². The minimum atomic E-state index is -0.593. The number of anilines is 1. The van der Waals surface area contributed by atoms with Gasteiger partial charge in [-0.1, -0.05) is 0 Å². The normalized spacial score (nSPS) is 18.1. The number of carbonyl (C=O) groups is 1. The molecule has 0 spiro atoms. The van der Waals surface area contributed by atoms with Gasteiger partial charge in [0.2, 0.25) is 0 Å². The molecule has 2 N–H and O–H groups in total. The number of nitrogens with zero attached hydrogens (tertiary/aromatic N) is 2. The molecule has 1 fully saturated rings. The van der Waals surface area contributed by atoms with Crippen LogP contribution in [0.25, 0.3) is 0 Å². The van der Waals surface area contributed by atoms with E-state index in [1.54, 1.807) is 18.8 Å². The average Bonchev–Trinajstić information content (AvgIpc) is 2.90. The summed E-state index contributed by atoms with van der Waals surface area (Å²) in [6.45, 7) is 0. The molecule has 0 aliphatic carbocycles. The first-order valence-electron chi connectivity index (χ1n) is 5.82. The minimum absolute atomic E-state index is 0.0428. The van der Waals surface area contributed by atoms with Crippen molar-refractivity contribution in [3.8, 4) is 0 Å². The Labute approximate surface area is 114 Å². The molecular formula is C11H14N4O3S. The highest BCUT2D eigenvalue weighted by Crippen LogP contribution is 2.22. The van der Waals surface area contributed by atoms with E-state index >= 15 is 0 Å². The van der Waals surface area contributed by atoms with E-state index in [9.17, 15) is 14.9 Å². The van der Waals surface area contributed by atoms with Crippen LogP contribution in [0, 0.1) is 10.1 Å². The average molecular weight is 282 g/mol. The van der Waals surface area contributed by atoms with E-state index in [1.165, 1.54) is 6.07 Å². The molecule has 1 aliphatic heterocycles. The second kappa shape index (κ2) is 5.87. The molecule has 0 saturated carbocycles. The molecule has 1 aromatic heterocycles. The molecule has 0 radical (unpaired) electrons. The van der Waals surface area contributed by atoms with Gasteiger partial charge in [0.05, 0.1) is 4.92 Å². The summed E-state index contributed by atoms with van der Waals surface area (Å²) in [5.74, 6) is 1.86. The lowest BCUT2D eigenvalue weighted by Crippen LogP contribution is -2.35. The van der Waals surface area contributed by atoms with Crippen molar-refractivity contribution in [2.45, 2.75) is 12.5 Å². The number of amides is 1. The van der Waals surface area contributed by atoms with Gasteiger partial charge in [-0.3, -0.25) is 14.9 Å². The summed E-state index contributed by atoms with van der Waals surface area (Å²) >= 11 is 1.76. The van der Waals surface area contributed by atoms with E-state index in [0.717, 1.165) is 24.1 Å². The fourth-order valence-electron chi connectivity index (χ4n) is 1.82. The molecule has 2 rings (SSSR count). The molecular weight excluding hydrogens is 268 g/mol. The highest BCUT2D eigenvalue weighted by atomic mass is 32.2. The maximum absolute atomic E-state index is 12.1. The fourth-order valence-corrected chi connectivity index (χ4v) is 2.98. The molecule has 1 atom stereocenters. The second-order valence-corrected chi connectivity index (χ2v) is 5.28. The highest BCUT2D eigenvalue weighted by Gasteiger charge is 2.25. The topological polar surface area (TPSA) is 97.2 Å². The third kappa shape index (κ3) is 3.14. The fraction of sp³-hybridized carbons (Fsp3) is 0.455. The smallest absolute Gasteiger partial charge is 0.300 e. The monoisotopic (exact) mass is 282 g/mol. The lowest BCUT2D eigenvalue weighted by molar-refractivity contribution is -0.385. The zero-order valence-electron chi connectivity index (χ0n) is 10.4. The molecule has 1 unspecified atom stereocenters. The predicted molar refractivity (Wildman–Crippen MR) is 73.6 cm³/mol. The third-order valence-electron chi connectivity index (χ3n) is 2.85. The molecule has 0 bridgehead atoms. The SMILES string of the molecule is CNc1cc(C(=O)NC2CCSC2)c([N+](=O)[O-])cn1. The number of hydrogen-bond acceptors (Lipinski definition) is 6. The van der Waals surface area contributed by atoms with Gasteiger partial charge in [0, 0.05) is 24.9 Å². The first-order chi connectivity index (χ1) is 9.11. The van der Waals surface area contributed by atoms with E-state index in [1.807, 2.05) is 0 Å². The number of carbonyl (C=O) groups excluding carboxylic acids is 1. The summed E-state index contributed by atoms with van der Waals surface area (Å²) in [7, 11) is 1.64. The van der Waals surface area contributed by atoms with Crippen LogP contribution in [0.4, 0.5) is 11.5 Å². The van der Waals surface area contributed by atoms with Crippen LogP contribution in [-0.4, -0.2) is 40.4 Å². The van der Waals surface area contributed by atoms with Gasteiger partial charge in [0.25, 0.3) is 11.6 Å². The Morgan fingerprint density at radius 1 is 1.63 bits per heavy atom. The van der Waals surface area contributed by atoms with E-state index in [4.69, 9.17) is 0 Å². The number of thioether (sulfide) groups is 1. The number of nitrogens with one attached hydrogen (secondary N) is 2. The lowest BCUT2D eigenvalue weighted by Gasteiger charge is -2.11. The Morgan fingerprint density at radius 3 is 3.00 bits per heavy atom. The van der Waals surface area contributed by atoms with Crippen LogP contribution >= 0.6 is 11.8 Å². The number of rotatable bonds is 4. The van der Waals surface area contributed by atoms with Crippen molar-refractivity contribution in [2.75, 3.05) is 23.9 Å². The van der Waals surface area contributed by atoms with Gasteiger partial charge in [-0.2, -0.15) is 11.8 Å². The van der Waals surface area contributed by atoms with Crippen molar-refractivity contribution in [1.29, 1.82) is 0 Å². The molecule has 1 aliphatic rings. The maximum atomic E-state index is 12.1. The van der Waals surface area contributed by atoms with Crippen molar-refractivity contribution >= 4 is 29.2 Å². The van der Waals surface area contributed by atoms with Crippen LogP contribution in [0.1, 0.15) is 16.8 Å². The van der Waals surface area contributed by atoms with Gasteiger partial charge in [-0.25, -0.2) is 4.98 Å². The number of hydrogen-bond donors (Lipinski definition) is 2. The van der Waals surface area contributed by atoms with Crippen LogP contribution in [0.3, 0.4) is 0 Å². The van der Waals surface area contributed by atoms with Crippen LogP contribution in [-0.2, 0) is 0 Å². The second-order valence-electron chi connectivity index (χ2n) is 4.13. The molecule has 0 aromatic carbocycles. The highest BCUT2D eigenvalue weighted by molar-refractivity contribution is 7.99. The van der Waals surface area contributed by atoms with Gasteiger partial charge in [0.15, 0.2) is 0 Å². The largest absolute Gasteiger partial charge is 0.373 e. The van der Waals surface area contributed by atoms with E-state index in [0.29, 0.717) is 5.82 Å². The molecule has 1 amide bonds. The molecule has 8 heteroatoms. The first kappa shape index (κ1) is 13.6. The Balaban J connectivity index is 2.24.